The Morgan fingerprint density at radius 1 is 1.20 bits per heavy atom. The maximum Gasteiger partial charge on any atom is 0.137 e. The second-order valence-corrected chi connectivity index (χ2v) is 4.93. The molecule has 0 bridgehead atoms. The molecule has 0 unspecified atom stereocenters. The average Bonchev–Trinajstić information content (AvgIpc) is 2.43. The average molecular weight is 280 g/mol. The molecule has 0 atom stereocenters. The molecule has 112 valence electrons. The summed E-state index contributed by atoms with van der Waals surface area (Å²) in [6.07, 6.45) is 5.07. The molecule has 0 radical (unpaired) electrons. The summed E-state index contributed by atoms with van der Waals surface area (Å²) in [7, 11) is 1.70. The molecule has 2 rings (SSSR count). The molecule has 20 heavy (non-hydrogen) atoms. The zero-order chi connectivity index (χ0) is 14.0. The summed E-state index contributed by atoms with van der Waals surface area (Å²) in [6, 6.07) is 4.00. The molecule has 0 amide bonds. The highest BCUT2D eigenvalue weighted by Gasteiger charge is 2.16. The van der Waals surface area contributed by atoms with Gasteiger partial charge in [0.15, 0.2) is 0 Å². The zero-order valence-corrected chi connectivity index (χ0v) is 12.1. The van der Waals surface area contributed by atoms with Crippen LogP contribution in [0.1, 0.15) is 18.5 Å². The Hall–Kier alpha value is -1.17. The molecule has 0 aliphatic carbocycles. The van der Waals surface area contributed by atoms with Crippen molar-refractivity contribution in [2.45, 2.75) is 25.4 Å². The number of nitrogens with zero attached hydrogens (tertiary/aromatic N) is 1. The van der Waals surface area contributed by atoms with Crippen LogP contribution in [0.3, 0.4) is 0 Å². The van der Waals surface area contributed by atoms with E-state index in [1.165, 1.54) is 0 Å². The second kappa shape index (κ2) is 8.89. The molecule has 1 aliphatic rings. The fourth-order valence-electron chi connectivity index (χ4n) is 1.92. The molecule has 5 heteroatoms. The van der Waals surface area contributed by atoms with Crippen LogP contribution in [-0.2, 0) is 15.9 Å². The smallest absolute Gasteiger partial charge is 0.137 e. The van der Waals surface area contributed by atoms with Gasteiger partial charge >= 0.3 is 0 Å². The first-order valence-corrected chi connectivity index (χ1v) is 7.27. The van der Waals surface area contributed by atoms with Gasteiger partial charge in [-0.1, -0.05) is 0 Å². The molecule has 0 spiro atoms. The van der Waals surface area contributed by atoms with Crippen LogP contribution < -0.4 is 10.1 Å². The highest BCUT2D eigenvalue weighted by molar-refractivity contribution is 5.19. The Labute approximate surface area is 120 Å². The van der Waals surface area contributed by atoms with Gasteiger partial charge < -0.3 is 19.5 Å². The van der Waals surface area contributed by atoms with E-state index in [0.717, 1.165) is 57.0 Å². The van der Waals surface area contributed by atoms with Crippen molar-refractivity contribution >= 4 is 0 Å². The Morgan fingerprint density at radius 2 is 2.10 bits per heavy atom. The van der Waals surface area contributed by atoms with Crippen molar-refractivity contribution in [3.8, 4) is 5.75 Å². The summed E-state index contributed by atoms with van der Waals surface area (Å²) in [5, 5.41) is 3.19. The third-order valence-electron chi connectivity index (χ3n) is 3.23. The van der Waals surface area contributed by atoms with E-state index in [0.29, 0.717) is 12.7 Å². The topological polar surface area (TPSA) is 52.6 Å². The lowest BCUT2D eigenvalue weighted by molar-refractivity contribution is 0.0178. The Morgan fingerprint density at radius 3 is 2.75 bits per heavy atom. The van der Waals surface area contributed by atoms with Crippen molar-refractivity contribution in [1.29, 1.82) is 0 Å². The predicted octanol–water partition coefficient (Wildman–Crippen LogP) is 1.42. The van der Waals surface area contributed by atoms with Gasteiger partial charge in [-0.15, -0.1) is 0 Å². The van der Waals surface area contributed by atoms with E-state index in [1.807, 2.05) is 12.1 Å². The number of aryl methyl sites for hydroxylation is 1. The monoisotopic (exact) mass is 280 g/mol. The van der Waals surface area contributed by atoms with Gasteiger partial charge in [-0.3, -0.25) is 4.98 Å². The van der Waals surface area contributed by atoms with E-state index in [2.05, 4.69) is 10.3 Å². The largest absolute Gasteiger partial charge is 0.492 e. The lowest BCUT2D eigenvalue weighted by Crippen LogP contribution is -2.48. The Balaban J connectivity index is 1.58. The van der Waals surface area contributed by atoms with Crippen molar-refractivity contribution in [2.24, 2.45) is 0 Å². The van der Waals surface area contributed by atoms with Crippen molar-refractivity contribution < 1.29 is 14.2 Å². The minimum Gasteiger partial charge on any atom is -0.492 e. The molecule has 1 aromatic rings. The maximum absolute atomic E-state index is 5.67. The normalized spacial score (nSPS) is 15.1. The van der Waals surface area contributed by atoms with Crippen LogP contribution in [0, 0.1) is 0 Å². The van der Waals surface area contributed by atoms with Crippen LogP contribution >= 0.6 is 0 Å². The van der Waals surface area contributed by atoms with Crippen LogP contribution in [-0.4, -0.2) is 51.1 Å². The number of rotatable bonds is 10. The van der Waals surface area contributed by atoms with E-state index in [1.54, 1.807) is 13.3 Å². The van der Waals surface area contributed by atoms with Crippen molar-refractivity contribution in [1.82, 2.24) is 10.3 Å². The first-order chi connectivity index (χ1) is 9.88. The molecule has 1 N–H and O–H groups in total. The quantitative estimate of drug-likeness (QED) is 0.657. The molecule has 2 heterocycles. The summed E-state index contributed by atoms with van der Waals surface area (Å²) in [6.45, 7) is 4.18. The van der Waals surface area contributed by atoms with Gasteiger partial charge in [0.2, 0.25) is 0 Å². The van der Waals surface area contributed by atoms with Gasteiger partial charge in [-0.25, -0.2) is 0 Å². The van der Waals surface area contributed by atoms with Crippen LogP contribution in [0.4, 0.5) is 0 Å². The third kappa shape index (κ3) is 5.45. The van der Waals surface area contributed by atoms with E-state index in [-0.39, 0.29) is 0 Å². The van der Waals surface area contributed by atoms with Gasteiger partial charge in [0.25, 0.3) is 0 Å². The predicted molar refractivity (Wildman–Crippen MR) is 77.2 cm³/mol. The highest BCUT2D eigenvalue weighted by atomic mass is 16.5. The van der Waals surface area contributed by atoms with E-state index < -0.39 is 0 Å². The lowest BCUT2D eigenvalue weighted by atomic mass is 10.2. The summed E-state index contributed by atoms with van der Waals surface area (Å²) < 4.78 is 16.2. The fraction of sp³-hybridized carbons (Fsp3) is 0.667. The Kier molecular flexibility index (Phi) is 6.77. The lowest BCUT2D eigenvalue weighted by Gasteiger charge is -2.27. The third-order valence-corrected chi connectivity index (χ3v) is 3.23. The number of nitrogens with one attached hydrogen (secondary N) is 1. The minimum atomic E-state index is 0.422. The highest BCUT2D eigenvalue weighted by Crippen LogP contribution is 2.11. The minimum absolute atomic E-state index is 0.422. The van der Waals surface area contributed by atoms with E-state index in [4.69, 9.17) is 14.2 Å². The van der Waals surface area contributed by atoms with Gasteiger partial charge in [0.05, 0.1) is 18.9 Å². The molecule has 1 fully saturated rings. The fourth-order valence-corrected chi connectivity index (χ4v) is 1.92. The number of hydrogen-bond donors (Lipinski definition) is 1. The molecule has 1 aromatic heterocycles. The first kappa shape index (κ1) is 15.2. The zero-order valence-electron chi connectivity index (χ0n) is 12.1. The number of ether oxygens (including phenoxy) is 3. The van der Waals surface area contributed by atoms with Crippen molar-refractivity contribution in [3.63, 3.8) is 0 Å². The van der Waals surface area contributed by atoms with Gasteiger partial charge in [-0.2, -0.15) is 0 Å². The molecule has 0 saturated carbocycles. The van der Waals surface area contributed by atoms with Crippen LogP contribution in [0.25, 0.3) is 0 Å². The van der Waals surface area contributed by atoms with Crippen molar-refractivity contribution in [3.05, 3.63) is 24.0 Å². The summed E-state index contributed by atoms with van der Waals surface area (Å²) in [4.78, 5) is 4.40. The molecular weight excluding hydrogens is 256 g/mol. The van der Waals surface area contributed by atoms with E-state index in [9.17, 15) is 0 Å². The van der Waals surface area contributed by atoms with Gasteiger partial charge in [0, 0.05) is 45.5 Å². The standard InChI is InChI=1S/C15H24N2O3/c1-18-7-3-9-19-14-6-5-13(17-12-14)4-2-8-20-15-10-16-11-15/h5-6,12,15-16H,2-4,7-11H2,1H3. The molecule has 1 aliphatic heterocycles. The van der Waals surface area contributed by atoms with Crippen LogP contribution in [0.15, 0.2) is 18.3 Å². The number of methoxy groups -OCH3 is 1. The molecule has 0 aromatic carbocycles. The van der Waals surface area contributed by atoms with Gasteiger partial charge in [0.1, 0.15) is 5.75 Å². The summed E-state index contributed by atoms with van der Waals surface area (Å²) in [5.41, 5.74) is 1.09. The van der Waals surface area contributed by atoms with E-state index >= 15 is 0 Å². The first-order valence-electron chi connectivity index (χ1n) is 7.27. The van der Waals surface area contributed by atoms with Gasteiger partial charge in [-0.05, 0) is 25.0 Å². The van der Waals surface area contributed by atoms with Crippen LogP contribution in [0.2, 0.25) is 0 Å². The number of aromatic nitrogens is 1. The SMILES string of the molecule is COCCCOc1ccc(CCCOC2CNC2)nc1. The number of pyridine rings is 1. The molecular formula is C15H24N2O3. The van der Waals surface area contributed by atoms with Crippen LogP contribution in [0.5, 0.6) is 5.75 Å². The molecule has 1 saturated heterocycles. The van der Waals surface area contributed by atoms with Crippen molar-refractivity contribution in [2.75, 3.05) is 40.0 Å². The summed E-state index contributed by atoms with van der Waals surface area (Å²) in [5.74, 6) is 0.821. The molecule has 5 nitrogen and oxygen atoms in total. The second-order valence-electron chi connectivity index (χ2n) is 4.93. The Bertz CT molecular complexity index is 366. The number of hydrogen-bond acceptors (Lipinski definition) is 5. The maximum atomic E-state index is 5.67. The summed E-state index contributed by atoms with van der Waals surface area (Å²) >= 11 is 0.